The van der Waals surface area contributed by atoms with E-state index in [2.05, 4.69) is 5.32 Å². The maximum Gasteiger partial charge on any atom is 0.326 e. The lowest BCUT2D eigenvalue weighted by Crippen LogP contribution is -2.47. The fourth-order valence-electron chi connectivity index (χ4n) is 1.84. The number of urea groups is 1. The SMILES string of the molecule is CN(C)S(=O)(=O)CCNC(=O)N1CCC[C@@H]1C(=O)O. The molecule has 2 N–H and O–H groups in total. The lowest BCUT2D eigenvalue weighted by molar-refractivity contribution is -0.141. The molecule has 0 spiro atoms. The Balaban J connectivity index is 2.46. The van der Waals surface area contributed by atoms with Crippen molar-refractivity contribution in [3.63, 3.8) is 0 Å². The average molecular weight is 293 g/mol. The summed E-state index contributed by atoms with van der Waals surface area (Å²) in [4.78, 5) is 23.9. The fourth-order valence-corrected chi connectivity index (χ4v) is 2.56. The maximum atomic E-state index is 11.8. The molecule has 0 unspecified atom stereocenters. The number of likely N-dealkylation sites (tertiary alicyclic amines) is 1. The van der Waals surface area contributed by atoms with E-state index in [-0.39, 0.29) is 12.3 Å². The van der Waals surface area contributed by atoms with Crippen LogP contribution in [0.2, 0.25) is 0 Å². The lowest BCUT2D eigenvalue weighted by atomic mass is 10.2. The van der Waals surface area contributed by atoms with E-state index in [1.807, 2.05) is 0 Å². The highest BCUT2D eigenvalue weighted by molar-refractivity contribution is 7.89. The van der Waals surface area contributed by atoms with Gasteiger partial charge in [0.2, 0.25) is 10.0 Å². The third-order valence-corrected chi connectivity index (χ3v) is 4.82. The first-order valence-electron chi connectivity index (χ1n) is 5.93. The number of carboxylic acid groups (broad SMARTS) is 1. The monoisotopic (exact) mass is 293 g/mol. The molecular formula is C10H19N3O5S. The molecule has 0 radical (unpaired) electrons. The molecule has 1 aliphatic heterocycles. The molecule has 1 rings (SSSR count). The normalized spacial score (nSPS) is 19.7. The third kappa shape index (κ3) is 4.06. The molecular weight excluding hydrogens is 274 g/mol. The van der Waals surface area contributed by atoms with Crippen molar-refractivity contribution in [3.8, 4) is 0 Å². The molecule has 9 heteroatoms. The van der Waals surface area contributed by atoms with E-state index in [0.717, 1.165) is 4.31 Å². The number of hydrogen-bond donors (Lipinski definition) is 2. The lowest BCUT2D eigenvalue weighted by Gasteiger charge is -2.22. The van der Waals surface area contributed by atoms with Crippen LogP contribution in [0.15, 0.2) is 0 Å². The van der Waals surface area contributed by atoms with Gasteiger partial charge in [0.25, 0.3) is 0 Å². The number of sulfonamides is 1. The van der Waals surface area contributed by atoms with Gasteiger partial charge in [0, 0.05) is 27.2 Å². The molecule has 1 aliphatic rings. The van der Waals surface area contributed by atoms with Gasteiger partial charge >= 0.3 is 12.0 Å². The van der Waals surface area contributed by atoms with E-state index in [0.29, 0.717) is 19.4 Å². The van der Waals surface area contributed by atoms with Gasteiger partial charge in [-0.3, -0.25) is 0 Å². The zero-order valence-electron chi connectivity index (χ0n) is 11.0. The van der Waals surface area contributed by atoms with Crippen molar-refractivity contribution in [1.82, 2.24) is 14.5 Å². The summed E-state index contributed by atoms with van der Waals surface area (Å²) < 4.78 is 24.0. The van der Waals surface area contributed by atoms with Crippen molar-refractivity contribution in [1.29, 1.82) is 0 Å². The van der Waals surface area contributed by atoms with Crippen molar-refractivity contribution in [2.24, 2.45) is 0 Å². The zero-order chi connectivity index (χ0) is 14.6. The van der Waals surface area contributed by atoms with E-state index in [1.54, 1.807) is 0 Å². The van der Waals surface area contributed by atoms with Crippen LogP contribution in [-0.2, 0) is 14.8 Å². The number of amides is 2. The molecule has 2 amide bonds. The number of nitrogens with one attached hydrogen (secondary N) is 1. The van der Waals surface area contributed by atoms with Crippen LogP contribution < -0.4 is 5.32 Å². The topological polar surface area (TPSA) is 107 Å². The molecule has 8 nitrogen and oxygen atoms in total. The van der Waals surface area contributed by atoms with Gasteiger partial charge in [-0.2, -0.15) is 0 Å². The van der Waals surface area contributed by atoms with Crippen molar-refractivity contribution in [3.05, 3.63) is 0 Å². The first-order chi connectivity index (χ1) is 8.75. The third-order valence-electron chi connectivity index (χ3n) is 2.99. The van der Waals surface area contributed by atoms with Crippen LogP contribution in [0.4, 0.5) is 4.79 Å². The van der Waals surface area contributed by atoms with Crippen molar-refractivity contribution in [2.75, 3.05) is 32.9 Å². The molecule has 110 valence electrons. The summed E-state index contributed by atoms with van der Waals surface area (Å²) in [5.74, 6) is -1.24. The van der Waals surface area contributed by atoms with E-state index >= 15 is 0 Å². The minimum Gasteiger partial charge on any atom is -0.480 e. The van der Waals surface area contributed by atoms with Crippen LogP contribution >= 0.6 is 0 Å². The Hall–Kier alpha value is -1.35. The van der Waals surface area contributed by atoms with Gasteiger partial charge in [0.1, 0.15) is 6.04 Å². The summed E-state index contributed by atoms with van der Waals surface area (Å²) in [6.45, 7) is 0.339. The van der Waals surface area contributed by atoms with Crippen LogP contribution in [-0.4, -0.2) is 73.7 Å². The largest absolute Gasteiger partial charge is 0.480 e. The Bertz CT molecular complexity index is 448. The molecule has 1 saturated heterocycles. The Labute approximate surface area is 112 Å². The molecule has 0 aromatic carbocycles. The van der Waals surface area contributed by atoms with Crippen molar-refractivity contribution in [2.45, 2.75) is 18.9 Å². The second-order valence-electron chi connectivity index (χ2n) is 4.52. The van der Waals surface area contributed by atoms with Gasteiger partial charge in [-0.25, -0.2) is 22.3 Å². The van der Waals surface area contributed by atoms with Crippen LogP contribution in [0.25, 0.3) is 0 Å². The summed E-state index contributed by atoms with van der Waals surface area (Å²) in [7, 11) is -0.534. The quantitative estimate of drug-likeness (QED) is 0.685. The highest BCUT2D eigenvalue weighted by atomic mass is 32.2. The van der Waals surface area contributed by atoms with Crippen LogP contribution in [0.3, 0.4) is 0 Å². The summed E-state index contributed by atoms with van der Waals surface area (Å²) >= 11 is 0. The van der Waals surface area contributed by atoms with Gasteiger partial charge in [-0.05, 0) is 12.8 Å². The Morgan fingerprint density at radius 1 is 1.42 bits per heavy atom. The van der Waals surface area contributed by atoms with Gasteiger partial charge in [0.15, 0.2) is 0 Å². The fraction of sp³-hybridized carbons (Fsp3) is 0.800. The summed E-state index contributed by atoms with van der Waals surface area (Å²) in [6, 6.07) is -1.34. The first kappa shape index (κ1) is 15.7. The molecule has 1 fully saturated rings. The minimum atomic E-state index is -3.36. The van der Waals surface area contributed by atoms with Gasteiger partial charge < -0.3 is 15.3 Å². The zero-order valence-corrected chi connectivity index (χ0v) is 11.8. The standard InChI is InChI=1S/C10H19N3O5S/c1-12(2)19(17,18)7-5-11-10(16)13-6-3-4-8(13)9(14)15/h8H,3-7H2,1-2H3,(H,11,16)(H,14,15)/t8-/m1/s1. The van der Waals surface area contributed by atoms with E-state index in [1.165, 1.54) is 19.0 Å². The van der Waals surface area contributed by atoms with Crippen molar-refractivity contribution < 1.29 is 23.1 Å². The number of hydrogen-bond acceptors (Lipinski definition) is 4. The number of carbonyl (C=O) groups is 2. The minimum absolute atomic E-state index is 0.0395. The number of carbonyl (C=O) groups excluding carboxylic acids is 1. The predicted octanol–water partition coefficient (Wildman–Crippen LogP) is -0.864. The summed E-state index contributed by atoms with van der Waals surface area (Å²) in [6.07, 6.45) is 1.07. The van der Waals surface area contributed by atoms with E-state index in [9.17, 15) is 18.0 Å². The Morgan fingerprint density at radius 2 is 2.05 bits per heavy atom. The number of nitrogens with zero attached hydrogens (tertiary/aromatic N) is 2. The number of carboxylic acids is 1. The predicted molar refractivity (Wildman–Crippen MR) is 68.2 cm³/mol. The van der Waals surface area contributed by atoms with Gasteiger partial charge in [-0.15, -0.1) is 0 Å². The second kappa shape index (κ2) is 6.20. The number of aliphatic carboxylic acids is 1. The van der Waals surface area contributed by atoms with Crippen LogP contribution in [0, 0.1) is 0 Å². The highest BCUT2D eigenvalue weighted by Gasteiger charge is 2.33. The van der Waals surface area contributed by atoms with Gasteiger partial charge in [0.05, 0.1) is 5.75 Å². The van der Waals surface area contributed by atoms with E-state index < -0.39 is 28.1 Å². The molecule has 0 aromatic rings. The average Bonchev–Trinajstić information content (AvgIpc) is 2.77. The smallest absolute Gasteiger partial charge is 0.326 e. The van der Waals surface area contributed by atoms with Crippen LogP contribution in [0.5, 0.6) is 0 Å². The molecule has 1 heterocycles. The number of rotatable bonds is 5. The molecule has 0 bridgehead atoms. The highest BCUT2D eigenvalue weighted by Crippen LogP contribution is 2.17. The van der Waals surface area contributed by atoms with Crippen molar-refractivity contribution >= 4 is 22.0 Å². The molecule has 0 saturated carbocycles. The van der Waals surface area contributed by atoms with Crippen LogP contribution in [0.1, 0.15) is 12.8 Å². The van der Waals surface area contributed by atoms with Gasteiger partial charge in [-0.1, -0.05) is 0 Å². The molecule has 0 aliphatic carbocycles. The summed E-state index contributed by atoms with van der Waals surface area (Å²) in [5, 5.41) is 11.4. The second-order valence-corrected chi connectivity index (χ2v) is 6.82. The molecule has 0 aromatic heterocycles. The maximum absolute atomic E-state index is 11.8. The van der Waals surface area contributed by atoms with E-state index in [4.69, 9.17) is 5.11 Å². The first-order valence-corrected chi connectivity index (χ1v) is 7.54. The Kier molecular flexibility index (Phi) is 5.12. The molecule has 19 heavy (non-hydrogen) atoms. The molecule has 1 atom stereocenters. The summed E-state index contributed by atoms with van der Waals surface area (Å²) in [5.41, 5.74) is 0. The Morgan fingerprint density at radius 3 is 2.58 bits per heavy atom.